The third-order valence-electron chi connectivity index (χ3n) is 6.81. The van der Waals surface area contributed by atoms with Crippen LogP contribution in [0.15, 0.2) is 9.85 Å². The molecule has 3 fully saturated rings. The summed E-state index contributed by atoms with van der Waals surface area (Å²) >= 11 is 4.83. The highest BCUT2D eigenvalue weighted by atomic mass is 79.9. The van der Waals surface area contributed by atoms with E-state index in [1.165, 1.54) is 18.4 Å². The number of thiophene rings is 1. The summed E-state index contributed by atoms with van der Waals surface area (Å²) in [5.41, 5.74) is 0.677. The molecule has 30 heavy (non-hydrogen) atoms. The quantitative estimate of drug-likeness (QED) is 0.536. The van der Waals surface area contributed by atoms with Gasteiger partial charge in [-0.3, -0.25) is 4.79 Å². The zero-order valence-corrected chi connectivity index (χ0v) is 20.1. The molecule has 166 valence electrons. The van der Waals surface area contributed by atoms with Gasteiger partial charge in [0.25, 0.3) is 0 Å². The van der Waals surface area contributed by atoms with Gasteiger partial charge in [0, 0.05) is 24.8 Å². The van der Waals surface area contributed by atoms with Gasteiger partial charge in [0.1, 0.15) is 4.88 Å². The summed E-state index contributed by atoms with van der Waals surface area (Å²) in [4.78, 5) is 28.7. The Morgan fingerprint density at radius 3 is 2.37 bits per heavy atom. The van der Waals surface area contributed by atoms with E-state index < -0.39 is 11.8 Å². The van der Waals surface area contributed by atoms with Crippen LogP contribution >= 0.6 is 27.3 Å². The van der Waals surface area contributed by atoms with Crippen LogP contribution in [0.1, 0.15) is 68.0 Å². The van der Waals surface area contributed by atoms with E-state index in [2.05, 4.69) is 22.9 Å². The second-order valence-corrected chi connectivity index (χ2v) is 11.2. The number of esters is 1. The first kappa shape index (κ1) is 22.2. The molecular weight excluding hydrogens is 470 g/mol. The molecule has 0 unspecified atom stereocenters. The maximum absolute atomic E-state index is 13.8. The van der Waals surface area contributed by atoms with E-state index in [0.29, 0.717) is 29.7 Å². The number of hydrogen-bond acceptors (Lipinski definition) is 6. The average Bonchev–Trinajstić information content (AvgIpc) is 3.36. The van der Waals surface area contributed by atoms with E-state index in [1.807, 2.05) is 11.0 Å². The number of carbonyl (C=O) groups excluding carboxylic acids is 2. The van der Waals surface area contributed by atoms with Crippen molar-refractivity contribution >= 4 is 44.8 Å². The first-order chi connectivity index (χ1) is 14.4. The SMILES string of the molecule is COC(=O)c1sc(Br)cc1N(C(=O)C1CCC(C)CC1)C1CCC2(CC1)OCCO2. The summed E-state index contributed by atoms with van der Waals surface area (Å²) < 4.78 is 17.6. The smallest absolute Gasteiger partial charge is 0.350 e. The topological polar surface area (TPSA) is 65.1 Å². The summed E-state index contributed by atoms with van der Waals surface area (Å²) in [5.74, 6) is -0.0433. The Balaban J connectivity index is 1.62. The molecule has 0 radical (unpaired) electrons. The fraction of sp³-hybridized carbons (Fsp3) is 0.727. The lowest BCUT2D eigenvalue weighted by Crippen LogP contribution is -2.49. The predicted octanol–water partition coefficient (Wildman–Crippen LogP) is 5.14. The maximum Gasteiger partial charge on any atom is 0.350 e. The molecule has 2 saturated carbocycles. The molecule has 4 rings (SSSR count). The third kappa shape index (κ3) is 4.47. The van der Waals surface area contributed by atoms with Crippen molar-refractivity contribution in [1.29, 1.82) is 0 Å². The molecule has 1 spiro atoms. The van der Waals surface area contributed by atoms with Gasteiger partial charge in [0.15, 0.2) is 5.79 Å². The van der Waals surface area contributed by atoms with Crippen LogP contribution in [0.4, 0.5) is 5.69 Å². The molecule has 0 aromatic carbocycles. The molecule has 1 amide bonds. The van der Waals surface area contributed by atoms with Crippen molar-refractivity contribution in [3.8, 4) is 0 Å². The zero-order valence-electron chi connectivity index (χ0n) is 17.7. The first-order valence-electron chi connectivity index (χ1n) is 10.9. The molecule has 1 aliphatic heterocycles. The molecule has 3 aliphatic rings. The molecule has 8 heteroatoms. The number of nitrogens with zero attached hydrogens (tertiary/aromatic N) is 1. The van der Waals surface area contributed by atoms with Gasteiger partial charge in [-0.15, -0.1) is 11.3 Å². The average molecular weight is 500 g/mol. The molecule has 2 heterocycles. The zero-order chi connectivity index (χ0) is 21.3. The fourth-order valence-corrected chi connectivity index (χ4v) is 6.55. The van der Waals surface area contributed by atoms with Gasteiger partial charge in [-0.25, -0.2) is 4.79 Å². The predicted molar refractivity (Wildman–Crippen MR) is 119 cm³/mol. The summed E-state index contributed by atoms with van der Waals surface area (Å²) in [5, 5.41) is 0. The molecular formula is C22H30BrNO5S. The summed E-state index contributed by atoms with van der Waals surface area (Å²) in [7, 11) is 1.38. The molecule has 0 atom stereocenters. The minimum absolute atomic E-state index is 0.0141. The van der Waals surface area contributed by atoms with Crippen LogP contribution in [0.5, 0.6) is 0 Å². The van der Waals surface area contributed by atoms with Gasteiger partial charge < -0.3 is 19.1 Å². The highest BCUT2D eigenvalue weighted by Crippen LogP contribution is 2.43. The van der Waals surface area contributed by atoms with Crippen LogP contribution in [0, 0.1) is 11.8 Å². The van der Waals surface area contributed by atoms with Crippen molar-refractivity contribution in [2.45, 2.75) is 70.1 Å². The third-order valence-corrected chi connectivity index (χ3v) is 8.42. The van der Waals surface area contributed by atoms with Gasteiger partial charge in [-0.05, 0) is 66.4 Å². The Morgan fingerprint density at radius 1 is 1.13 bits per heavy atom. The number of methoxy groups -OCH3 is 1. The molecule has 0 bridgehead atoms. The molecule has 1 aromatic heterocycles. The number of anilines is 1. The standard InChI is InChI=1S/C22H30BrNO5S/c1-14-3-5-15(6-4-14)20(25)24(17-13-18(23)30-19(17)21(26)27-2)16-7-9-22(10-8-16)28-11-12-29-22/h13-16H,3-12H2,1-2H3. The van der Waals surface area contributed by atoms with E-state index in [9.17, 15) is 9.59 Å². The Kier molecular flexibility index (Phi) is 6.87. The Morgan fingerprint density at radius 2 is 1.77 bits per heavy atom. The highest BCUT2D eigenvalue weighted by Gasteiger charge is 2.44. The number of hydrogen-bond donors (Lipinski definition) is 0. The summed E-state index contributed by atoms with van der Waals surface area (Å²) in [6.07, 6.45) is 7.11. The van der Waals surface area contributed by atoms with Crippen molar-refractivity contribution in [3.05, 3.63) is 14.7 Å². The number of halogens is 1. The van der Waals surface area contributed by atoms with Crippen molar-refractivity contribution in [1.82, 2.24) is 0 Å². The van der Waals surface area contributed by atoms with Gasteiger partial charge in [0.2, 0.25) is 5.91 Å². The Bertz CT molecular complexity index is 772. The Hall–Kier alpha value is -0.960. The summed E-state index contributed by atoms with van der Waals surface area (Å²) in [6, 6.07) is 1.92. The molecule has 0 N–H and O–H groups in total. The van der Waals surface area contributed by atoms with E-state index in [0.717, 1.165) is 55.2 Å². The van der Waals surface area contributed by atoms with Crippen LogP contribution in [-0.4, -0.2) is 44.0 Å². The molecule has 2 aliphatic carbocycles. The number of ether oxygens (including phenoxy) is 3. The second kappa shape index (κ2) is 9.27. The Labute approximate surface area is 190 Å². The molecule has 1 aromatic rings. The number of rotatable bonds is 4. The van der Waals surface area contributed by atoms with Crippen molar-refractivity contribution in [3.63, 3.8) is 0 Å². The molecule has 6 nitrogen and oxygen atoms in total. The minimum atomic E-state index is -0.480. The normalized spacial score (nSPS) is 26.6. The first-order valence-corrected chi connectivity index (χ1v) is 12.5. The minimum Gasteiger partial charge on any atom is -0.465 e. The van der Waals surface area contributed by atoms with Crippen molar-refractivity contribution in [2.75, 3.05) is 25.2 Å². The van der Waals surface area contributed by atoms with Gasteiger partial charge in [-0.1, -0.05) is 6.92 Å². The lowest BCUT2D eigenvalue weighted by molar-refractivity contribution is -0.179. The van der Waals surface area contributed by atoms with E-state index in [-0.39, 0.29) is 17.9 Å². The lowest BCUT2D eigenvalue weighted by Gasteiger charge is -2.42. The van der Waals surface area contributed by atoms with Crippen LogP contribution < -0.4 is 4.90 Å². The van der Waals surface area contributed by atoms with E-state index in [4.69, 9.17) is 14.2 Å². The van der Waals surface area contributed by atoms with Gasteiger partial charge in [-0.2, -0.15) is 0 Å². The second-order valence-electron chi connectivity index (χ2n) is 8.76. The van der Waals surface area contributed by atoms with Crippen LogP contribution in [-0.2, 0) is 19.0 Å². The number of amides is 1. The van der Waals surface area contributed by atoms with E-state index >= 15 is 0 Å². The number of carbonyl (C=O) groups is 2. The van der Waals surface area contributed by atoms with Crippen LogP contribution in [0.2, 0.25) is 0 Å². The fourth-order valence-electron chi connectivity index (χ4n) is 5.06. The monoisotopic (exact) mass is 499 g/mol. The summed E-state index contributed by atoms with van der Waals surface area (Å²) in [6.45, 7) is 3.53. The van der Waals surface area contributed by atoms with Crippen molar-refractivity contribution < 1.29 is 23.8 Å². The highest BCUT2D eigenvalue weighted by molar-refractivity contribution is 9.11. The van der Waals surface area contributed by atoms with E-state index in [1.54, 1.807) is 0 Å². The van der Waals surface area contributed by atoms with Crippen LogP contribution in [0.3, 0.4) is 0 Å². The lowest BCUT2D eigenvalue weighted by atomic mass is 9.81. The maximum atomic E-state index is 13.8. The van der Waals surface area contributed by atoms with Crippen LogP contribution in [0.25, 0.3) is 0 Å². The largest absolute Gasteiger partial charge is 0.465 e. The van der Waals surface area contributed by atoms with Gasteiger partial charge >= 0.3 is 5.97 Å². The van der Waals surface area contributed by atoms with Crippen molar-refractivity contribution in [2.24, 2.45) is 11.8 Å². The van der Waals surface area contributed by atoms with Gasteiger partial charge in [0.05, 0.1) is 29.8 Å². The molecule has 1 saturated heterocycles.